The molecule has 0 aliphatic carbocycles. The molecule has 3 rings (SSSR count). The molecule has 2 heterocycles. The highest BCUT2D eigenvalue weighted by atomic mass is 79.9. The van der Waals surface area contributed by atoms with E-state index in [9.17, 15) is 18.0 Å². The third-order valence-electron chi connectivity index (χ3n) is 3.70. The fraction of sp³-hybridized carbons (Fsp3) is 0.111. The van der Waals surface area contributed by atoms with Crippen molar-refractivity contribution in [2.24, 2.45) is 0 Å². The molecule has 0 aliphatic heterocycles. The van der Waals surface area contributed by atoms with Crippen LogP contribution in [0.2, 0.25) is 5.02 Å². The molecule has 0 spiro atoms. The van der Waals surface area contributed by atoms with E-state index in [0.717, 1.165) is 16.1 Å². The number of benzene rings is 1. The zero-order valence-corrected chi connectivity index (χ0v) is 15.9. The summed E-state index contributed by atoms with van der Waals surface area (Å²) in [5.74, 6) is -0.361. The van der Waals surface area contributed by atoms with Gasteiger partial charge < -0.3 is 5.32 Å². The predicted octanol–water partition coefficient (Wildman–Crippen LogP) is 5.24. The van der Waals surface area contributed by atoms with Gasteiger partial charge in [0.2, 0.25) is 0 Å². The minimum absolute atomic E-state index is 0.0438. The Labute approximate surface area is 166 Å². The SMILES string of the molecule is O=C(NCc1cccc(Br)c1)c1cccn1-c1ncc(C(F)(F)F)cc1Cl. The van der Waals surface area contributed by atoms with E-state index in [1.165, 1.54) is 16.8 Å². The number of aromatic nitrogens is 2. The molecule has 0 saturated heterocycles. The Hall–Kier alpha value is -2.32. The maximum absolute atomic E-state index is 12.8. The number of carbonyl (C=O) groups excluding carboxylic acids is 1. The minimum Gasteiger partial charge on any atom is -0.347 e. The molecule has 2 aromatic heterocycles. The van der Waals surface area contributed by atoms with Crippen LogP contribution in [0, 0.1) is 0 Å². The largest absolute Gasteiger partial charge is 0.417 e. The topological polar surface area (TPSA) is 46.9 Å². The second-order valence-electron chi connectivity index (χ2n) is 5.60. The Balaban J connectivity index is 1.82. The number of halogens is 5. The zero-order chi connectivity index (χ0) is 19.6. The molecule has 3 aromatic rings. The predicted molar refractivity (Wildman–Crippen MR) is 98.9 cm³/mol. The number of amides is 1. The van der Waals surface area contributed by atoms with E-state index in [4.69, 9.17) is 11.6 Å². The van der Waals surface area contributed by atoms with E-state index in [0.29, 0.717) is 6.20 Å². The standard InChI is InChI=1S/C18H12BrClF3N3O/c19-13-4-1-3-11(7-13)9-25-17(27)15-5-2-6-26(15)16-14(20)8-12(10-24-16)18(21,22)23/h1-8,10H,9H2,(H,25,27). The van der Waals surface area contributed by atoms with Crippen molar-refractivity contribution in [2.45, 2.75) is 12.7 Å². The van der Waals surface area contributed by atoms with Gasteiger partial charge in [0.25, 0.3) is 5.91 Å². The van der Waals surface area contributed by atoms with E-state index in [1.807, 2.05) is 24.3 Å². The van der Waals surface area contributed by atoms with Crippen LogP contribution in [0.3, 0.4) is 0 Å². The van der Waals surface area contributed by atoms with Crippen LogP contribution in [0.25, 0.3) is 5.82 Å². The van der Waals surface area contributed by atoms with Crippen molar-refractivity contribution in [2.75, 3.05) is 0 Å². The van der Waals surface area contributed by atoms with E-state index in [-0.39, 0.29) is 23.1 Å². The summed E-state index contributed by atoms with van der Waals surface area (Å²) in [5, 5.41) is 2.56. The van der Waals surface area contributed by atoms with Crippen LogP contribution in [-0.2, 0) is 12.7 Å². The summed E-state index contributed by atoms with van der Waals surface area (Å²) in [7, 11) is 0. The van der Waals surface area contributed by atoms with Gasteiger partial charge in [0.05, 0.1) is 10.6 Å². The van der Waals surface area contributed by atoms with E-state index in [1.54, 1.807) is 6.07 Å². The van der Waals surface area contributed by atoms with Gasteiger partial charge in [0.1, 0.15) is 5.69 Å². The van der Waals surface area contributed by atoms with Crippen molar-refractivity contribution in [1.82, 2.24) is 14.9 Å². The first-order valence-corrected chi connectivity index (χ1v) is 8.86. The number of alkyl halides is 3. The minimum atomic E-state index is -4.55. The second kappa shape index (κ2) is 7.74. The molecule has 0 radical (unpaired) electrons. The van der Waals surface area contributed by atoms with Crippen molar-refractivity contribution in [3.8, 4) is 5.82 Å². The summed E-state index contributed by atoms with van der Waals surface area (Å²) in [6, 6.07) is 11.4. The molecule has 1 amide bonds. The molecule has 9 heteroatoms. The molecule has 4 nitrogen and oxygen atoms in total. The summed E-state index contributed by atoms with van der Waals surface area (Å²) >= 11 is 9.33. The highest BCUT2D eigenvalue weighted by Crippen LogP contribution is 2.32. The lowest BCUT2D eigenvalue weighted by atomic mass is 10.2. The normalized spacial score (nSPS) is 11.4. The molecular weight excluding hydrogens is 447 g/mol. The first-order chi connectivity index (χ1) is 12.8. The molecule has 0 aliphatic rings. The van der Waals surface area contributed by atoms with Gasteiger partial charge in [-0.3, -0.25) is 9.36 Å². The first kappa shape index (κ1) is 19.4. The monoisotopic (exact) mass is 457 g/mol. The molecule has 0 fully saturated rings. The van der Waals surface area contributed by atoms with Gasteiger partial charge in [0.15, 0.2) is 5.82 Å². The van der Waals surface area contributed by atoms with Gasteiger partial charge in [-0.2, -0.15) is 13.2 Å². The quantitative estimate of drug-likeness (QED) is 0.581. The maximum Gasteiger partial charge on any atom is 0.417 e. The van der Waals surface area contributed by atoms with Gasteiger partial charge in [0, 0.05) is 23.4 Å². The number of pyridine rings is 1. The van der Waals surface area contributed by atoms with Crippen molar-refractivity contribution in [3.63, 3.8) is 0 Å². The van der Waals surface area contributed by atoms with Crippen molar-refractivity contribution in [3.05, 3.63) is 81.2 Å². The fourth-order valence-corrected chi connectivity index (χ4v) is 3.14. The second-order valence-corrected chi connectivity index (χ2v) is 6.93. The third-order valence-corrected chi connectivity index (χ3v) is 4.47. The van der Waals surface area contributed by atoms with E-state index in [2.05, 4.69) is 26.2 Å². The Morgan fingerprint density at radius 2 is 2.00 bits per heavy atom. The number of nitrogens with one attached hydrogen (secondary N) is 1. The smallest absolute Gasteiger partial charge is 0.347 e. The van der Waals surface area contributed by atoms with Crippen LogP contribution < -0.4 is 5.32 Å². The van der Waals surface area contributed by atoms with Crippen LogP contribution in [0.15, 0.2) is 59.3 Å². The first-order valence-electron chi connectivity index (χ1n) is 7.69. The Kier molecular flexibility index (Phi) is 5.57. The molecule has 140 valence electrons. The Morgan fingerprint density at radius 1 is 1.22 bits per heavy atom. The van der Waals surface area contributed by atoms with Crippen LogP contribution in [-0.4, -0.2) is 15.5 Å². The molecule has 1 aromatic carbocycles. The summed E-state index contributed by atoms with van der Waals surface area (Å²) in [4.78, 5) is 16.3. The highest BCUT2D eigenvalue weighted by molar-refractivity contribution is 9.10. The number of hydrogen-bond donors (Lipinski definition) is 1. The van der Waals surface area contributed by atoms with Gasteiger partial charge >= 0.3 is 6.18 Å². The Bertz CT molecular complexity index is 988. The molecule has 0 atom stereocenters. The zero-order valence-electron chi connectivity index (χ0n) is 13.6. The number of rotatable bonds is 4. The van der Waals surface area contributed by atoms with Crippen LogP contribution in [0.1, 0.15) is 21.6 Å². The van der Waals surface area contributed by atoms with Crippen molar-refractivity contribution < 1.29 is 18.0 Å². The van der Waals surface area contributed by atoms with Crippen LogP contribution in [0.5, 0.6) is 0 Å². The van der Waals surface area contributed by atoms with Gasteiger partial charge in [-0.15, -0.1) is 0 Å². The maximum atomic E-state index is 12.8. The lowest BCUT2D eigenvalue weighted by Crippen LogP contribution is -2.25. The van der Waals surface area contributed by atoms with Crippen LogP contribution >= 0.6 is 27.5 Å². The van der Waals surface area contributed by atoms with Crippen molar-refractivity contribution >= 4 is 33.4 Å². The number of carbonyl (C=O) groups is 1. The molecule has 0 unspecified atom stereocenters. The van der Waals surface area contributed by atoms with Gasteiger partial charge in [-0.1, -0.05) is 39.7 Å². The summed E-state index contributed by atoms with van der Waals surface area (Å²) in [6.07, 6.45) is -2.35. The van der Waals surface area contributed by atoms with E-state index >= 15 is 0 Å². The van der Waals surface area contributed by atoms with Crippen LogP contribution in [0.4, 0.5) is 13.2 Å². The molecule has 0 saturated carbocycles. The third kappa shape index (κ3) is 4.51. The molecule has 1 N–H and O–H groups in total. The average molecular weight is 459 g/mol. The van der Waals surface area contributed by atoms with Gasteiger partial charge in [-0.05, 0) is 35.9 Å². The summed E-state index contributed by atoms with van der Waals surface area (Å²) in [6.45, 7) is 0.289. The molecule has 0 bridgehead atoms. The summed E-state index contributed by atoms with van der Waals surface area (Å²) < 4.78 is 40.5. The van der Waals surface area contributed by atoms with E-state index < -0.39 is 17.6 Å². The molecule has 27 heavy (non-hydrogen) atoms. The number of nitrogens with zero attached hydrogens (tertiary/aromatic N) is 2. The Morgan fingerprint density at radius 3 is 2.67 bits per heavy atom. The fourth-order valence-electron chi connectivity index (χ4n) is 2.43. The summed E-state index contributed by atoms with van der Waals surface area (Å²) in [5.41, 5.74) is 0.143. The lowest BCUT2D eigenvalue weighted by molar-refractivity contribution is -0.137. The highest BCUT2D eigenvalue weighted by Gasteiger charge is 2.32. The van der Waals surface area contributed by atoms with Gasteiger partial charge in [-0.25, -0.2) is 4.98 Å². The number of hydrogen-bond acceptors (Lipinski definition) is 2. The molecular formula is C18H12BrClF3N3O. The lowest BCUT2D eigenvalue weighted by Gasteiger charge is -2.12. The van der Waals surface area contributed by atoms with Crippen molar-refractivity contribution in [1.29, 1.82) is 0 Å². The average Bonchev–Trinajstić information content (AvgIpc) is 3.08.